The zero-order valence-corrected chi connectivity index (χ0v) is 18.0. The Balaban J connectivity index is 1.54. The standard InChI is InChI=1S/C23H25NO5S/c1-16-12-21-18(14-23(25)29-22(21)13-17(16)2)15-28-19-6-8-20(9-7-19)30(26,27)24-10-4-3-5-11-24/h6-9,12-14H,3-5,10-11,15H2,1-2H3. The predicted molar refractivity (Wildman–Crippen MR) is 115 cm³/mol. The van der Waals surface area contributed by atoms with E-state index in [0.717, 1.165) is 41.3 Å². The first-order valence-corrected chi connectivity index (χ1v) is 11.6. The Morgan fingerprint density at radius 3 is 2.33 bits per heavy atom. The van der Waals surface area contributed by atoms with E-state index in [1.807, 2.05) is 26.0 Å². The highest BCUT2D eigenvalue weighted by Gasteiger charge is 2.25. The van der Waals surface area contributed by atoms with Crippen LogP contribution in [-0.2, 0) is 16.6 Å². The highest BCUT2D eigenvalue weighted by atomic mass is 32.2. The highest BCUT2D eigenvalue weighted by Crippen LogP contribution is 2.25. The van der Waals surface area contributed by atoms with Gasteiger partial charge in [0, 0.05) is 30.1 Å². The van der Waals surface area contributed by atoms with Crippen LogP contribution in [-0.4, -0.2) is 25.8 Å². The number of ether oxygens (including phenoxy) is 1. The van der Waals surface area contributed by atoms with Crippen LogP contribution in [0, 0.1) is 13.8 Å². The maximum atomic E-state index is 12.8. The number of hydrogen-bond acceptors (Lipinski definition) is 5. The van der Waals surface area contributed by atoms with Gasteiger partial charge >= 0.3 is 5.63 Å². The molecule has 1 aromatic heterocycles. The van der Waals surface area contributed by atoms with E-state index >= 15 is 0 Å². The maximum absolute atomic E-state index is 12.8. The van der Waals surface area contributed by atoms with Crippen LogP contribution < -0.4 is 10.4 Å². The molecule has 1 aliphatic rings. The lowest BCUT2D eigenvalue weighted by molar-refractivity contribution is 0.306. The van der Waals surface area contributed by atoms with Crippen molar-refractivity contribution >= 4 is 21.0 Å². The predicted octanol–water partition coefficient (Wildman–Crippen LogP) is 4.16. The van der Waals surface area contributed by atoms with Crippen LogP contribution in [0.3, 0.4) is 0 Å². The molecule has 0 bridgehead atoms. The van der Waals surface area contributed by atoms with Gasteiger partial charge in [-0.25, -0.2) is 13.2 Å². The van der Waals surface area contributed by atoms with E-state index in [0.29, 0.717) is 24.4 Å². The fraction of sp³-hybridized carbons (Fsp3) is 0.348. The van der Waals surface area contributed by atoms with Gasteiger partial charge in [0.25, 0.3) is 0 Å². The second-order valence-electron chi connectivity index (χ2n) is 7.75. The fourth-order valence-electron chi connectivity index (χ4n) is 3.73. The minimum Gasteiger partial charge on any atom is -0.489 e. The average Bonchev–Trinajstić information content (AvgIpc) is 2.74. The number of aryl methyl sites for hydroxylation is 2. The summed E-state index contributed by atoms with van der Waals surface area (Å²) in [4.78, 5) is 12.2. The number of sulfonamides is 1. The SMILES string of the molecule is Cc1cc2oc(=O)cc(COc3ccc(S(=O)(=O)N4CCCCC4)cc3)c2cc1C. The fourth-order valence-corrected chi connectivity index (χ4v) is 5.24. The number of fused-ring (bicyclic) bond motifs is 1. The molecule has 0 N–H and O–H groups in total. The van der Waals surface area contributed by atoms with E-state index in [2.05, 4.69) is 0 Å². The molecule has 1 aliphatic heterocycles. The van der Waals surface area contributed by atoms with Crippen molar-refractivity contribution in [3.8, 4) is 5.75 Å². The first-order chi connectivity index (χ1) is 14.3. The summed E-state index contributed by atoms with van der Waals surface area (Å²) in [7, 11) is -3.47. The summed E-state index contributed by atoms with van der Waals surface area (Å²) in [6, 6.07) is 11.7. The Hall–Kier alpha value is -2.64. The largest absolute Gasteiger partial charge is 0.489 e. The highest BCUT2D eigenvalue weighted by molar-refractivity contribution is 7.89. The van der Waals surface area contributed by atoms with Crippen LogP contribution in [0.25, 0.3) is 11.0 Å². The van der Waals surface area contributed by atoms with Gasteiger partial charge in [0.15, 0.2) is 0 Å². The lowest BCUT2D eigenvalue weighted by Crippen LogP contribution is -2.35. The molecule has 1 saturated heterocycles. The Morgan fingerprint density at radius 2 is 1.63 bits per heavy atom. The molecule has 3 aromatic rings. The molecule has 4 rings (SSSR count). The Morgan fingerprint density at radius 1 is 0.967 bits per heavy atom. The molecule has 30 heavy (non-hydrogen) atoms. The summed E-state index contributed by atoms with van der Waals surface area (Å²) in [6.07, 6.45) is 2.88. The van der Waals surface area contributed by atoms with Crippen molar-refractivity contribution in [2.24, 2.45) is 0 Å². The molecule has 1 fully saturated rings. The van der Waals surface area contributed by atoms with E-state index < -0.39 is 15.6 Å². The van der Waals surface area contributed by atoms with Crippen LogP contribution in [0.5, 0.6) is 5.75 Å². The Kier molecular flexibility index (Phi) is 5.66. The lowest BCUT2D eigenvalue weighted by Gasteiger charge is -2.25. The van der Waals surface area contributed by atoms with Crippen molar-refractivity contribution in [1.29, 1.82) is 0 Å². The van der Waals surface area contributed by atoms with Gasteiger partial charge in [0.05, 0.1) is 4.90 Å². The molecule has 0 saturated carbocycles. The van der Waals surface area contributed by atoms with E-state index in [1.54, 1.807) is 28.6 Å². The molecule has 0 atom stereocenters. The number of rotatable bonds is 5. The van der Waals surface area contributed by atoms with Crippen molar-refractivity contribution in [2.75, 3.05) is 13.1 Å². The van der Waals surface area contributed by atoms with Crippen molar-refractivity contribution in [2.45, 2.75) is 44.6 Å². The average molecular weight is 428 g/mol. The second-order valence-corrected chi connectivity index (χ2v) is 9.69. The number of hydrogen-bond donors (Lipinski definition) is 0. The normalized spacial score (nSPS) is 15.4. The summed E-state index contributed by atoms with van der Waals surface area (Å²) >= 11 is 0. The third kappa shape index (κ3) is 4.13. The Labute approximate surface area is 176 Å². The van der Waals surface area contributed by atoms with E-state index in [9.17, 15) is 13.2 Å². The van der Waals surface area contributed by atoms with Gasteiger partial charge in [-0.05, 0) is 74.2 Å². The molecular formula is C23H25NO5S. The molecule has 0 spiro atoms. The third-order valence-electron chi connectivity index (χ3n) is 5.62. The molecule has 7 heteroatoms. The molecular weight excluding hydrogens is 402 g/mol. The van der Waals surface area contributed by atoms with Gasteiger partial charge in [-0.3, -0.25) is 0 Å². The van der Waals surface area contributed by atoms with Crippen molar-refractivity contribution < 1.29 is 17.6 Å². The molecule has 2 heterocycles. The van der Waals surface area contributed by atoms with E-state index in [4.69, 9.17) is 9.15 Å². The summed E-state index contributed by atoms with van der Waals surface area (Å²) in [5.41, 5.74) is 2.99. The smallest absolute Gasteiger partial charge is 0.336 e. The number of benzene rings is 2. The van der Waals surface area contributed by atoms with Gasteiger partial charge in [0.1, 0.15) is 17.9 Å². The van der Waals surface area contributed by atoms with Crippen LogP contribution in [0.4, 0.5) is 0 Å². The zero-order valence-electron chi connectivity index (χ0n) is 17.2. The van der Waals surface area contributed by atoms with Gasteiger partial charge in [0.2, 0.25) is 10.0 Å². The molecule has 0 amide bonds. The van der Waals surface area contributed by atoms with Crippen LogP contribution >= 0.6 is 0 Å². The molecule has 0 radical (unpaired) electrons. The number of piperidine rings is 1. The van der Waals surface area contributed by atoms with Gasteiger partial charge in [-0.1, -0.05) is 6.42 Å². The minimum absolute atomic E-state index is 0.183. The van der Waals surface area contributed by atoms with Gasteiger partial charge in [-0.2, -0.15) is 4.31 Å². The van der Waals surface area contributed by atoms with Crippen molar-refractivity contribution in [3.63, 3.8) is 0 Å². The van der Waals surface area contributed by atoms with Gasteiger partial charge in [-0.15, -0.1) is 0 Å². The molecule has 6 nitrogen and oxygen atoms in total. The zero-order chi connectivity index (χ0) is 21.3. The number of nitrogens with zero attached hydrogens (tertiary/aromatic N) is 1. The van der Waals surface area contributed by atoms with Crippen LogP contribution in [0.1, 0.15) is 36.0 Å². The van der Waals surface area contributed by atoms with Crippen LogP contribution in [0.15, 0.2) is 56.6 Å². The summed E-state index contributed by atoms with van der Waals surface area (Å²) in [5.74, 6) is 0.540. The maximum Gasteiger partial charge on any atom is 0.336 e. The quantitative estimate of drug-likeness (QED) is 0.572. The lowest BCUT2D eigenvalue weighted by atomic mass is 10.0. The molecule has 158 valence electrons. The monoisotopic (exact) mass is 427 g/mol. The third-order valence-corrected chi connectivity index (χ3v) is 7.53. The topological polar surface area (TPSA) is 76.8 Å². The van der Waals surface area contributed by atoms with Crippen LogP contribution in [0.2, 0.25) is 0 Å². The Bertz CT molecular complexity index is 1220. The van der Waals surface area contributed by atoms with E-state index in [1.165, 1.54) is 6.07 Å². The molecule has 0 unspecified atom stereocenters. The first kappa shape index (κ1) is 20.6. The first-order valence-electron chi connectivity index (χ1n) is 10.1. The van der Waals surface area contributed by atoms with Crippen molar-refractivity contribution in [3.05, 3.63) is 69.6 Å². The molecule has 2 aromatic carbocycles. The summed E-state index contributed by atoms with van der Waals surface area (Å²) in [6.45, 7) is 5.30. The second kappa shape index (κ2) is 8.24. The van der Waals surface area contributed by atoms with Crippen molar-refractivity contribution in [1.82, 2.24) is 4.31 Å². The summed E-state index contributed by atoms with van der Waals surface area (Å²) < 4.78 is 38.2. The van der Waals surface area contributed by atoms with E-state index in [-0.39, 0.29) is 11.5 Å². The van der Waals surface area contributed by atoms with Gasteiger partial charge < -0.3 is 9.15 Å². The minimum atomic E-state index is -3.47. The molecule has 0 aliphatic carbocycles. The summed E-state index contributed by atoms with van der Waals surface area (Å²) in [5, 5.41) is 0.835.